The van der Waals surface area contributed by atoms with E-state index in [0.29, 0.717) is 0 Å². The van der Waals surface area contributed by atoms with Gasteiger partial charge in [-0.2, -0.15) is 0 Å². The summed E-state index contributed by atoms with van der Waals surface area (Å²) in [5, 5.41) is 0. The lowest BCUT2D eigenvalue weighted by Crippen LogP contribution is -2.10. The third-order valence-electron chi connectivity index (χ3n) is 2.46. The first-order chi connectivity index (χ1) is 9.67. The second kappa shape index (κ2) is 8.69. The number of ether oxygens (including phenoxy) is 2. The van der Waals surface area contributed by atoms with E-state index in [1.54, 1.807) is 38.1 Å². The van der Waals surface area contributed by atoms with E-state index < -0.39 is 0 Å². The van der Waals surface area contributed by atoms with Gasteiger partial charge < -0.3 is 9.47 Å². The van der Waals surface area contributed by atoms with Crippen LogP contribution in [-0.4, -0.2) is 11.9 Å². The van der Waals surface area contributed by atoms with Crippen LogP contribution < -0.4 is 0 Å². The highest BCUT2D eigenvalue weighted by atomic mass is 16.5. The molecule has 106 valence electrons. The van der Waals surface area contributed by atoms with Crippen LogP contribution in [0.15, 0.2) is 48.9 Å². The van der Waals surface area contributed by atoms with Crippen LogP contribution in [0.1, 0.15) is 25.0 Å². The summed E-state index contributed by atoms with van der Waals surface area (Å²) in [5.41, 5.74) is 1.53. The van der Waals surface area contributed by atoms with Crippen molar-refractivity contribution in [3.05, 3.63) is 60.1 Å². The molecule has 0 fully saturated rings. The molecule has 0 atom stereocenters. The van der Waals surface area contributed by atoms with Crippen molar-refractivity contribution in [2.24, 2.45) is 0 Å². The molecule has 1 rings (SSSR count). The fraction of sp³-hybridized carbons (Fsp3) is 0.250. The zero-order chi connectivity index (χ0) is 14.8. The maximum atomic E-state index is 11.6. The van der Waals surface area contributed by atoms with Crippen molar-refractivity contribution in [2.75, 3.05) is 0 Å². The lowest BCUT2D eigenvalue weighted by molar-refractivity contribution is -0.138. The molecule has 4 heteroatoms. The Morgan fingerprint density at radius 1 is 0.900 bits per heavy atom. The van der Waals surface area contributed by atoms with E-state index >= 15 is 0 Å². The molecule has 0 aliphatic carbocycles. The average molecular weight is 274 g/mol. The third-order valence-corrected chi connectivity index (χ3v) is 2.46. The van der Waals surface area contributed by atoms with Crippen molar-refractivity contribution in [2.45, 2.75) is 26.7 Å². The number of allylic oxidation sites excluding steroid dienone is 2. The van der Waals surface area contributed by atoms with E-state index in [1.165, 1.54) is 12.5 Å². The standard InChI is InChI=1S/C16H18O4/c1-3-9-19-15(17)11-13-7-5-6-8-14(13)12-16(18)20-10-4-2/h3-10H,11-12H2,1-2H3. The number of rotatable bonds is 6. The van der Waals surface area contributed by atoms with E-state index in [2.05, 4.69) is 0 Å². The molecule has 0 N–H and O–H groups in total. The van der Waals surface area contributed by atoms with Gasteiger partial charge in [-0.3, -0.25) is 9.59 Å². The minimum absolute atomic E-state index is 0.122. The number of benzene rings is 1. The van der Waals surface area contributed by atoms with Crippen molar-refractivity contribution < 1.29 is 19.1 Å². The molecule has 1 aromatic carbocycles. The molecular formula is C16H18O4. The number of hydrogen-bond acceptors (Lipinski definition) is 4. The van der Waals surface area contributed by atoms with E-state index in [1.807, 2.05) is 12.1 Å². The van der Waals surface area contributed by atoms with Crippen molar-refractivity contribution in [3.63, 3.8) is 0 Å². The van der Waals surface area contributed by atoms with Gasteiger partial charge in [0.15, 0.2) is 0 Å². The summed E-state index contributed by atoms with van der Waals surface area (Å²) in [6, 6.07) is 7.24. The largest absolute Gasteiger partial charge is 0.435 e. The number of esters is 2. The Hall–Kier alpha value is -2.36. The van der Waals surface area contributed by atoms with Crippen LogP contribution >= 0.6 is 0 Å². The average Bonchev–Trinajstić information content (AvgIpc) is 2.45. The summed E-state index contributed by atoms with van der Waals surface area (Å²) < 4.78 is 9.75. The highest BCUT2D eigenvalue weighted by Gasteiger charge is 2.11. The molecule has 4 nitrogen and oxygen atoms in total. The van der Waals surface area contributed by atoms with Gasteiger partial charge in [-0.25, -0.2) is 0 Å². The van der Waals surface area contributed by atoms with Crippen molar-refractivity contribution in [1.82, 2.24) is 0 Å². The molecule has 0 unspecified atom stereocenters. The predicted octanol–water partition coefficient (Wildman–Crippen LogP) is 2.93. The van der Waals surface area contributed by atoms with E-state index in [4.69, 9.17) is 9.47 Å². The quantitative estimate of drug-likeness (QED) is 0.591. The second-order valence-electron chi connectivity index (χ2n) is 4.04. The lowest BCUT2D eigenvalue weighted by Gasteiger charge is -2.07. The van der Waals surface area contributed by atoms with Crippen molar-refractivity contribution in [3.8, 4) is 0 Å². The highest BCUT2D eigenvalue weighted by molar-refractivity contribution is 5.76. The molecule has 0 aliphatic heterocycles. The molecule has 20 heavy (non-hydrogen) atoms. The molecule has 0 saturated heterocycles. The van der Waals surface area contributed by atoms with Gasteiger partial charge in [0.1, 0.15) is 0 Å². The van der Waals surface area contributed by atoms with E-state index in [-0.39, 0.29) is 24.8 Å². The molecule has 1 aromatic rings. The molecule has 0 amide bonds. The van der Waals surface area contributed by atoms with Crippen LogP contribution in [0.2, 0.25) is 0 Å². The maximum Gasteiger partial charge on any atom is 0.315 e. The van der Waals surface area contributed by atoms with Gasteiger partial charge in [0.05, 0.1) is 25.4 Å². The Morgan fingerprint density at radius 3 is 1.65 bits per heavy atom. The van der Waals surface area contributed by atoms with Crippen molar-refractivity contribution in [1.29, 1.82) is 0 Å². The SMILES string of the molecule is CC=COC(=O)Cc1ccccc1CC(=O)OC=CC. The van der Waals surface area contributed by atoms with E-state index in [9.17, 15) is 9.59 Å². The van der Waals surface area contributed by atoms with Crippen LogP contribution in [0.5, 0.6) is 0 Å². The summed E-state index contributed by atoms with van der Waals surface area (Å²) in [6.07, 6.45) is 6.20. The fourth-order valence-corrected chi connectivity index (χ4v) is 1.58. The molecule has 0 heterocycles. The molecule has 0 saturated carbocycles. The van der Waals surface area contributed by atoms with Crippen LogP contribution in [0, 0.1) is 0 Å². The molecule has 0 spiro atoms. The molecular weight excluding hydrogens is 256 g/mol. The van der Waals surface area contributed by atoms with Gasteiger partial charge >= 0.3 is 11.9 Å². The first-order valence-electron chi connectivity index (χ1n) is 6.35. The van der Waals surface area contributed by atoms with Gasteiger partial charge in [-0.15, -0.1) is 0 Å². The van der Waals surface area contributed by atoms with Crippen molar-refractivity contribution >= 4 is 11.9 Å². The Balaban J connectivity index is 2.72. The Morgan fingerprint density at radius 2 is 1.30 bits per heavy atom. The predicted molar refractivity (Wildman–Crippen MR) is 75.7 cm³/mol. The lowest BCUT2D eigenvalue weighted by atomic mass is 10.0. The first kappa shape index (κ1) is 15.7. The van der Waals surface area contributed by atoms with Gasteiger partial charge in [-0.05, 0) is 25.0 Å². The van der Waals surface area contributed by atoms with Crippen LogP contribution in [0.3, 0.4) is 0 Å². The fourth-order valence-electron chi connectivity index (χ4n) is 1.58. The van der Waals surface area contributed by atoms with Crippen LogP contribution in [0.4, 0.5) is 0 Å². The summed E-state index contributed by atoms with van der Waals surface area (Å²) >= 11 is 0. The Kier molecular flexibility index (Phi) is 6.82. The zero-order valence-electron chi connectivity index (χ0n) is 11.7. The summed E-state index contributed by atoms with van der Waals surface area (Å²) in [4.78, 5) is 23.2. The van der Waals surface area contributed by atoms with Gasteiger partial charge in [0.25, 0.3) is 0 Å². The smallest absolute Gasteiger partial charge is 0.315 e. The maximum absolute atomic E-state index is 11.6. The number of carbonyl (C=O) groups is 2. The Bertz CT molecular complexity index is 468. The minimum atomic E-state index is -0.364. The minimum Gasteiger partial charge on any atom is -0.435 e. The Labute approximate surface area is 118 Å². The summed E-state index contributed by atoms with van der Waals surface area (Å²) in [7, 11) is 0. The molecule has 0 aromatic heterocycles. The molecule has 0 bridgehead atoms. The van der Waals surface area contributed by atoms with Crippen LogP contribution in [0.25, 0.3) is 0 Å². The first-order valence-corrected chi connectivity index (χ1v) is 6.35. The molecule has 0 radical (unpaired) electrons. The second-order valence-corrected chi connectivity index (χ2v) is 4.04. The zero-order valence-corrected chi connectivity index (χ0v) is 11.7. The van der Waals surface area contributed by atoms with Gasteiger partial charge in [-0.1, -0.05) is 36.4 Å². The normalized spacial score (nSPS) is 10.9. The number of hydrogen-bond donors (Lipinski definition) is 0. The van der Waals surface area contributed by atoms with Gasteiger partial charge in [0.2, 0.25) is 0 Å². The van der Waals surface area contributed by atoms with E-state index in [0.717, 1.165) is 11.1 Å². The van der Waals surface area contributed by atoms with Gasteiger partial charge in [0, 0.05) is 0 Å². The topological polar surface area (TPSA) is 52.6 Å². The third kappa shape index (κ3) is 5.52. The summed E-state index contributed by atoms with van der Waals surface area (Å²) in [6.45, 7) is 3.52. The highest BCUT2D eigenvalue weighted by Crippen LogP contribution is 2.12. The van der Waals surface area contributed by atoms with Crippen LogP contribution in [-0.2, 0) is 31.9 Å². The molecule has 0 aliphatic rings. The summed E-state index contributed by atoms with van der Waals surface area (Å²) in [5.74, 6) is -0.727. The number of carbonyl (C=O) groups excluding carboxylic acids is 2. The monoisotopic (exact) mass is 274 g/mol.